The molecule has 0 atom stereocenters. The minimum absolute atomic E-state index is 0.910. The quantitative estimate of drug-likeness (QED) is 0.793. The van der Waals surface area contributed by atoms with Gasteiger partial charge in [0.25, 0.3) is 0 Å². The smallest absolute Gasteiger partial charge is 0.170 e. The molecule has 0 aliphatic heterocycles. The van der Waals surface area contributed by atoms with Crippen LogP contribution in [0.5, 0.6) is 0 Å². The summed E-state index contributed by atoms with van der Waals surface area (Å²) in [5, 5.41) is 4.31. The molecule has 5 heteroatoms. The second-order valence-electron chi connectivity index (χ2n) is 3.94. The van der Waals surface area contributed by atoms with E-state index < -0.39 is 0 Å². The third kappa shape index (κ3) is 3.86. The Bertz CT molecular complexity index is 485. The highest BCUT2D eigenvalue weighted by Crippen LogP contribution is 2.32. The van der Waals surface area contributed by atoms with E-state index in [0.29, 0.717) is 0 Å². The highest BCUT2D eigenvalue weighted by molar-refractivity contribution is 9.10. The fourth-order valence-electron chi connectivity index (χ4n) is 1.56. The summed E-state index contributed by atoms with van der Waals surface area (Å²) in [6, 6.07) is 6.44. The molecule has 0 unspecified atom stereocenters. The van der Waals surface area contributed by atoms with Gasteiger partial charge < -0.3 is 10.3 Å². The number of halogens is 1. The van der Waals surface area contributed by atoms with Gasteiger partial charge in [-0.25, -0.2) is 4.98 Å². The maximum absolute atomic E-state index is 4.21. The molecular weight excluding hydrogens is 310 g/mol. The second kappa shape index (κ2) is 6.97. The van der Waals surface area contributed by atoms with E-state index in [1.165, 1.54) is 10.5 Å². The molecule has 96 valence electrons. The van der Waals surface area contributed by atoms with E-state index in [1.807, 2.05) is 6.20 Å². The van der Waals surface area contributed by atoms with Gasteiger partial charge in [-0.05, 0) is 46.6 Å². The maximum Gasteiger partial charge on any atom is 0.170 e. The highest BCUT2D eigenvalue weighted by Gasteiger charge is 2.05. The van der Waals surface area contributed by atoms with E-state index in [-0.39, 0.29) is 0 Å². The number of benzene rings is 1. The number of aromatic nitrogens is 2. The number of nitrogens with one attached hydrogen (secondary N) is 2. The molecule has 18 heavy (non-hydrogen) atoms. The number of hydrogen-bond donors (Lipinski definition) is 2. The molecule has 0 radical (unpaired) electrons. The van der Waals surface area contributed by atoms with E-state index in [1.54, 1.807) is 18.0 Å². The monoisotopic (exact) mass is 325 g/mol. The number of hydrogen-bond acceptors (Lipinski definition) is 3. The van der Waals surface area contributed by atoms with Gasteiger partial charge in [0.2, 0.25) is 0 Å². The van der Waals surface area contributed by atoms with Crippen molar-refractivity contribution >= 4 is 27.7 Å². The van der Waals surface area contributed by atoms with Crippen molar-refractivity contribution in [3.05, 3.63) is 40.6 Å². The summed E-state index contributed by atoms with van der Waals surface area (Å²) < 4.78 is 1.11. The normalized spacial score (nSPS) is 10.8. The molecular formula is C13H16BrN3S. The molecule has 0 aliphatic carbocycles. The van der Waals surface area contributed by atoms with Gasteiger partial charge in [0.1, 0.15) is 0 Å². The zero-order valence-corrected chi connectivity index (χ0v) is 12.6. The van der Waals surface area contributed by atoms with Crippen LogP contribution in [-0.4, -0.2) is 16.5 Å². The van der Waals surface area contributed by atoms with Crippen molar-refractivity contribution in [1.82, 2.24) is 15.3 Å². The Labute approximate surface area is 120 Å². The largest absolute Gasteiger partial charge is 0.339 e. The lowest BCUT2D eigenvalue weighted by Gasteiger charge is -2.07. The molecule has 2 N–H and O–H groups in total. The first-order valence-corrected chi connectivity index (χ1v) is 7.57. The van der Waals surface area contributed by atoms with Crippen LogP contribution in [0.1, 0.15) is 18.9 Å². The van der Waals surface area contributed by atoms with E-state index in [4.69, 9.17) is 0 Å². The predicted octanol–water partition coefficient (Wildman–Crippen LogP) is 3.82. The molecule has 1 aromatic carbocycles. The van der Waals surface area contributed by atoms with Crippen LogP contribution in [0.2, 0.25) is 0 Å². The molecule has 0 bridgehead atoms. The van der Waals surface area contributed by atoms with Crippen LogP contribution in [0.3, 0.4) is 0 Å². The van der Waals surface area contributed by atoms with Gasteiger partial charge in [-0.3, -0.25) is 0 Å². The molecule has 0 saturated carbocycles. The minimum atomic E-state index is 0.910. The third-order valence-electron chi connectivity index (χ3n) is 2.43. The van der Waals surface area contributed by atoms with Gasteiger partial charge in [0.15, 0.2) is 5.16 Å². The lowest BCUT2D eigenvalue weighted by molar-refractivity contribution is 0.675. The highest BCUT2D eigenvalue weighted by atomic mass is 79.9. The van der Waals surface area contributed by atoms with Crippen molar-refractivity contribution < 1.29 is 0 Å². The lowest BCUT2D eigenvalue weighted by Crippen LogP contribution is -2.13. The van der Waals surface area contributed by atoms with Gasteiger partial charge in [-0.15, -0.1) is 0 Å². The molecule has 0 saturated heterocycles. The molecule has 0 aliphatic rings. The molecule has 0 fully saturated rings. The zero-order chi connectivity index (χ0) is 12.8. The standard InChI is InChI=1S/C13H16BrN3S/c1-2-5-15-9-10-3-4-12(11(14)8-10)18-13-16-6-7-17-13/h3-4,6-8,15H,2,5,9H2,1H3,(H,16,17). The summed E-state index contributed by atoms with van der Waals surface area (Å²) in [6.07, 6.45) is 4.76. The van der Waals surface area contributed by atoms with Crippen LogP contribution in [0.25, 0.3) is 0 Å². The van der Waals surface area contributed by atoms with Gasteiger partial charge in [0.05, 0.1) is 0 Å². The first-order valence-electron chi connectivity index (χ1n) is 5.96. The average Bonchev–Trinajstić information content (AvgIpc) is 2.86. The number of rotatable bonds is 6. The van der Waals surface area contributed by atoms with Crippen LogP contribution in [0, 0.1) is 0 Å². The Morgan fingerprint density at radius 3 is 3.00 bits per heavy atom. The first-order chi connectivity index (χ1) is 8.79. The van der Waals surface area contributed by atoms with E-state index >= 15 is 0 Å². The van der Waals surface area contributed by atoms with Crippen LogP contribution in [0.4, 0.5) is 0 Å². The minimum Gasteiger partial charge on any atom is -0.339 e. The van der Waals surface area contributed by atoms with Crippen molar-refractivity contribution in [2.75, 3.05) is 6.54 Å². The van der Waals surface area contributed by atoms with Gasteiger partial charge in [-0.2, -0.15) is 0 Å². The van der Waals surface area contributed by atoms with Crippen LogP contribution < -0.4 is 5.32 Å². The summed E-state index contributed by atoms with van der Waals surface area (Å²) in [6.45, 7) is 4.14. The maximum atomic E-state index is 4.21. The van der Waals surface area contributed by atoms with E-state index in [9.17, 15) is 0 Å². The predicted molar refractivity (Wildman–Crippen MR) is 78.9 cm³/mol. The fourth-order valence-corrected chi connectivity index (χ4v) is 2.97. The fraction of sp³-hybridized carbons (Fsp3) is 0.308. The second-order valence-corrected chi connectivity index (χ2v) is 5.82. The molecule has 1 aromatic heterocycles. The summed E-state index contributed by atoms with van der Waals surface area (Å²) in [5.41, 5.74) is 1.29. The molecule has 3 nitrogen and oxygen atoms in total. The number of aromatic amines is 1. The molecule has 0 amide bonds. The summed E-state index contributed by atoms with van der Waals surface area (Å²) in [5.74, 6) is 0. The van der Waals surface area contributed by atoms with Crippen molar-refractivity contribution in [2.45, 2.75) is 29.9 Å². The number of H-pyrrole nitrogens is 1. The molecule has 1 heterocycles. The molecule has 2 aromatic rings. The lowest BCUT2D eigenvalue weighted by atomic mass is 10.2. The topological polar surface area (TPSA) is 40.7 Å². The van der Waals surface area contributed by atoms with E-state index in [2.05, 4.69) is 56.3 Å². The Morgan fingerprint density at radius 1 is 1.44 bits per heavy atom. The van der Waals surface area contributed by atoms with Crippen LogP contribution >= 0.6 is 27.7 Å². The van der Waals surface area contributed by atoms with Crippen LogP contribution in [-0.2, 0) is 6.54 Å². The first kappa shape index (κ1) is 13.6. The summed E-state index contributed by atoms with van der Waals surface area (Å²) >= 11 is 5.24. The van der Waals surface area contributed by atoms with Crippen molar-refractivity contribution in [2.24, 2.45) is 0 Å². The number of nitrogens with zero attached hydrogens (tertiary/aromatic N) is 1. The Morgan fingerprint density at radius 2 is 2.33 bits per heavy atom. The average molecular weight is 326 g/mol. The zero-order valence-electron chi connectivity index (χ0n) is 10.2. The Kier molecular flexibility index (Phi) is 5.28. The van der Waals surface area contributed by atoms with Crippen molar-refractivity contribution in [3.8, 4) is 0 Å². The summed E-state index contributed by atoms with van der Waals surface area (Å²) in [7, 11) is 0. The number of imidazole rings is 1. The summed E-state index contributed by atoms with van der Waals surface area (Å²) in [4.78, 5) is 8.47. The van der Waals surface area contributed by atoms with Crippen LogP contribution in [0.15, 0.2) is 45.1 Å². The third-order valence-corrected chi connectivity index (χ3v) is 4.34. The Hall–Kier alpha value is -0.780. The Balaban J connectivity index is 2.01. The van der Waals surface area contributed by atoms with Gasteiger partial charge in [-0.1, -0.05) is 24.8 Å². The molecule has 0 spiro atoms. The SMILES string of the molecule is CCCNCc1ccc(Sc2ncc[nH]2)c(Br)c1. The van der Waals surface area contributed by atoms with Gasteiger partial charge >= 0.3 is 0 Å². The van der Waals surface area contributed by atoms with Crippen molar-refractivity contribution in [3.63, 3.8) is 0 Å². The van der Waals surface area contributed by atoms with Gasteiger partial charge in [0, 0.05) is 28.3 Å². The molecule has 2 rings (SSSR count). The van der Waals surface area contributed by atoms with E-state index in [0.717, 1.165) is 29.1 Å². The van der Waals surface area contributed by atoms with Crippen molar-refractivity contribution in [1.29, 1.82) is 0 Å².